The molecule has 0 aliphatic heterocycles. The molecule has 1 aromatic heterocycles. The minimum Gasteiger partial charge on any atom is -0.365 e. The summed E-state index contributed by atoms with van der Waals surface area (Å²) in [7, 11) is 0. The van der Waals surface area contributed by atoms with E-state index in [1.54, 1.807) is 6.92 Å². The zero-order valence-electron chi connectivity index (χ0n) is 12.5. The Bertz CT molecular complexity index is 446. The number of carbonyl (C=O) groups excluding carboxylic acids is 1. The van der Waals surface area contributed by atoms with Gasteiger partial charge in [0.2, 0.25) is 5.95 Å². The van der Waals surface area contributed by atoms with Crippen LogP contribution in [0.4, 0.5) is 5.95 Å². The summed E-state index contributed by atoms with van der Waals surface area (Å²) >= 11 is 0. The summed E-state index contributed by atoms with van der Waals surface area (Å²) in [6, 6.07) is 0. The number of amides is 1. The highest BCUT2D eigenvalue weighted by Crippen LogP contribution is 2.27. The van der Waals surface area contributed by atoms with Gasteiger partial charge in [-0.2, -0.15) is 4.98 Å². The number of ether oxygens (including phenoxy) is 1. The Morgan fingerprint density at radius 3 is 2.95 bits per heavy atom. The summed E-state index contributed by atoms with van der Waals surface area (Å²) in [4.78, 5) is 16.3. The van der Waals surface area contributed by atoms with E-state index in [-0.39, 0.29) is 12.0 Å². The number of hydrogen-bond donors (Lipinski definition) is 2. The maximum atomic E-state index is 12.2. The van der Waals surface area contributed by atoms with Crippen LogP contribution in [0.25, 0.3) is 0 Å². The van der Waals surface area contributed by atoms with E-state index in [0.29, 0.717) is 24.1 Å². The first-order valence-corrected chi connectivity index (χ1v) is 7.43. The van der Waals surface area contributed by atoms with Gasteiger partial charge < -0.3 is 4.74 Å². The minimum absolute atomic E-state index is 0.162. The van der Waals surface area contributed by atoms with Gasteiger partial charge in [0.1, 0.15) is 11.9 Å². The van der Waals surface area contributed by atoms with E-state index in [0.717, 1.165) is 12.8 Å². The fraction of sp³-hybridized carbons (Fsp3) is 0.786. The van der Waals surface area contributed by atoms with Crippen molar-refractivity contribution in [2.45, 2.75) is 65.1 Å². The van der Waals surface area contributed by atoms with Crippen LogP contribution in [-0.2, 0) is 9.53 Å². The Balaban J connectivity index is 1.88. The van der Waals surface area contributed by atoms with Crippen LogP contribution in [0.2, 0.25) is 0 Å². The Labute approximate surface area is 119 Å². The van der Waals surface area contributed by atoms with Gasteiger partial charge in [-0.1, -0.05) is 26.7 Å². The lowest BCUT2D eigenvalue weighted by Crippen LogP contribution is -2.35. The van der Waals surface area contributed by atoms with Gasteiger partial charge in [0, 0.05) is 0 Å². The van der Waals surface area contributed by atoms with Gasteiger partial charge in [-0.15, -0.1) is 5.10 Å². The highest BCUT2D eigenvalue weighted by Gasteiger charge is 2.26. The van der Waals surface area contributed by atoms with E-state index in [9.17, 15) is 4.79 Å². The highest BCUT2D eigenvalue weighted by atomic mass is 16.5. The van der Waals surface area contributed by atoms with Crippen molar-refractivity contribution in [3.05, 3.63) is 5.82 Å². The third-order valence-corrected chi connectivity index (χ3v) is 3.74. The average Bonchev–Trinajstić information content (AvgIpc) is 2.81. The molecule has 2 rings (SSSR count). The normalized spacial score (nSPS) is 24.4. The van der Waals surface area contributed by atoms with E-state index in [2.05, 4.69) is 27.4 Å². The largest absolute Gasteiger partial charge is 0.365 e. The molecule has 1 aliphatic rings. The number of carbonyl (C=O) groups is 1. The molecule has 0 spiro atoms. The first kappa shape index (κ1) is 15.0. The predicted molar refractivity (Wildman–Crippen MR) is 76.3 cm³/mol. The molecule has 1 heterocycles. The molecule has 1 fully saturated rings. The molecule has 0 radical (unpaired) electrons. The minimum atomic E-state index is -0.427. The van der Waals surface area contributed by atoms with Gasteiger partial charge in [0.05, 0.1) is 6.10 Å². The lowest BCUT2D eigenvalue weighted by Gasteiger charge is -2.29. The van der Waals surface area contributed by atoms with E-state index >= 15 is 0 Å². The van der Waals surface area contributed by atoms with Crippen LogP contribution in [0.3, 0.4) is 0 Å². The zero-order valence-corrected chi connectivity index (χ0v) is 12.5. The zero-order chi connectivity index (χ0) is 14.5. The van der Waals surface area contributed by atoms with Crippen molar-refractivity contribution in [2.75, 3.05) is 5.32 Å². The lowest BCUT2D eigenvalue weighted by atomic mass is 9.88. The molecule has 20 heavy (non-hydrogen) atoms. The summed E-state index contributed by atoms with van der Waals surface area (Å²) in [5, 5.41) is 9.31. The molecular formula is C14H24N4O2. The average molecular weight is 280 g/mol. The summed E-state index contributed by atoms with van der Waals surface area (Å²) in [6.45, 7) is 5.99. The SMILES string of the molecule is CC[C@H](O[C@H]1CCC[C@@H](C)C1)C(=O)Nc1n[nH]c(C)n1. The number of aryl methyl sites for hydroxylation is 1. The number of rotatable bonds is 5. The van der Waals surface area contributed by atoms with Crippen molar-refractivity contribution in [1.82, 2.24) is 15.2 Å². The first-order valence-electron chi connectivity index (χ1n) is 7.43. The van der Waals surface area contributed by atoms with Crippen molar-refractivity contribution in [1.29, 1.82) is 0 Å². The Morgan fingerprint density at radius 2 is 2.35 bits per heavy atom. The number of aromatic nitrogens is 3. The predicted octanol–water partition coefficient (Wildman–Crippen LogP) is 2.43. The van der Waals surface area contributed by atoms with Crippen LogP contribution in [0.1, 0.15) is 51.8 Å². The van der Waals surface area contributed by atoms with Gasteiger partial charge >= 0.3 is 0 Å². The highest BCUT2D eigenvalue weighted by molar-refractivity contribution is 5.92. The fourth-order valence-corrected chi connectivity index (χ4v) is 2.67. The van der Waals surface area contributed by atoms with Crippen LogP contribution in [0.5, 0.6) is 0 Å². The number of nitrogens with one attached hydrogen (secondary N) is 2. The Kier molecular flexibility index (Phi) is 5.11. The van der Waals surface area contributed by atoms with E-state index in [1.807, 2.05) is 6.92 Å². The molecular weight excluding hydrogens is 256 g/mol. The molecule has 1 amide bonds. The van der Waals surface area contributed by atoms with Crippen molar-refractivity contribution >= 4 is 11.9 Å². The molecule has 3 atom stereocenters. The fourth-order valence-electron chi connectivity index (χ4n) is 2.67. The quantitative estimate of drug-likeness (QED) is 0.868. The smallest absolute Gasteiger partial charge is 0.255 e. The molecule has 2 N–H and O–H groups in total. The van der Waals surface area contributed by atoms with Crippen molar-refractivity contribution in [3.8, 4) is 0 Å². The first-order chi connectivity index (χ1) is 9.58. The molecule has 112 valence electrons. The number of hydrogen-bond acceptors (Lipinski definition) is 4. The summed E-state index contributed by atoms with van der Waals surface area (Å²) in [5.74, 6) is 1.51. The second-order valence-corrected chi connectivity index (χ2v) is 5.66. The Morgan fingerprint density at radius 1 is 1.55 bits per heavy atom. The summed E-state index contributed by atoms with van der Waals surface area (Å²) in [6.07, 6.45) is 4.97. The van der Waals surface area contributed by atoms with Crippen LogP contribution >= 0.6 is 0 Å². The molecule has 0 unspecified atom stereocenters. The topological polar surface area (TPSA) is 79.9 Å². The van der Waals surface area contributed by atoms with Crippen molar-refractivity contribution < 1.29 is 9.53 Å². The molecule has 0 saturated heterocycles. The van der Waals surface area contributed by atoms with Crippen LogP contribution in [0, 0.1) is 12.8 Å². The third kappa shape index (κ3) is 4.03. The van der Waals surface area contributed by atoms with Crippen molar-refractivity contribution in [3.63, 3.8) is 0 Å². The van der Waals surface area contributed by atoms with Gasteiger partial charge in [0.25, 0.3) is 5.91 Å². The van der Waals surface area contributed by atoms with Crippen LogP contribution in [0.15, 0.2) is 0 Å². The van der Waals surface area contributed by atoms with E-state index < -0.39 is 6.10 Å². The van der Waals surface area contributed by atoms with E-state index in [1.165, 1.54) is 12.8 Å². The number of anilines is 1. The molecule has 1 saturated carbocycles. The monoisotopic (exact) mass is 280 g/mol. The van der Waals surface area contributed by atoms with Gasteiger partial charge in [-0.25, -0.2) is 0 Å². The van der Waals surface area contributed by atoms with Gasteiger partial charge in [-0.3, -0.25) is 15.2 Å². The third-order valence-electron chi connectivity index (χ3n) is 3.74. The van der Waals surface area contributed by atoms with Crippen LogP contribution < -0.4 is 5.32 Å². The summed E-state index contributed by atoms with van der Waals surface area (Å²) < 4.78 is 5.97. The van der Waals surface area contributed by atoms with E-state index in [4.69, 9.17) is 4.74 Å². The number of aromatic amines is 1. The van der Waals surface area contributed by atoms with Gasteiger partial charge in [0.15, 0.2) is 0 Å². The maximum absolute atomic E-state index is 12.2. The maximum Gasteiger partial charge on any atom is 0.255 e. The Hall–Kier alpha value is -1.43. The second kappa shape index (κ2) is 6.83. The molecule has 6 nitrogen and oxygen atoms in total. The second-order valence-electron chi connectivity index (χ2n) is 5.66. The molecule has 1 aromatic rings. The molecule has 0 bridgehead atoms. The van der Waals surface area contributed by atoms with Crippen LogP contribution in [-0.4, -0.2) is 33.3 Å². The standard InChI is InChI=1S/C14H24N4O2/c1-4-12(20-11-7-5-6-9(2)8-11)13(19)16-14-15-10(3)17-18-14/h9,11-12H,4-8H2,1-3H3,(H2,15,16,17,18,19)/t9-,11+,12+/m1/s1. The lowest BCUT2D eigenvalue weighted by molar-refractivity contribution is -0.133. The van der Waals surface area contributed by atoms with Gasteiger partial charge in [-0.05, 0) is 32.1 Å². The number of H-pyrrole nitrogens is 1. The number of nitrogens with zero attached hydrogens (tertiary/aromatic N) is 2. The molecule has 0 aromatic carbocycles. The van der Waals surface area contributed by atoms with Crippen molar-refractivity contribution in [2.24, 2.45) is 5.92 Å². The molecule has 1 aliphatic carbocycles. The molecule has 6 heteroatoms. The summed E-state index contributed by atoms with van der Waals surface area (Å²) in [5.41, 5.74) is 0.